The van der Waals surface area contributed by atoms with Gasteiger partial charge in [0.05, 0.1) is 5.69 Å². The lowest BCUT2D eigenvalue weighted by Gasteiger charge is -2.03. The number of rotatable bonds is 2. The van der Waals surface area contributed by atoms with Gasteiger partial charge in [0, 0.05) is 15.4 Å². The molecule has 0 saturated heterocycles. The lowest BCUT2D eigenvalue weighted by molar-refractivity contribution is 0.571. The first kappa shape index (κ1) is 10.9. The maximum atomic E-state index is 5.39. The third kappa shape index (κ3) is 2.16. The smallest absolute Gasteiger partial charge is 0.181 e. The zero-order valence-electron chi connectivity index (χ0n) is 8.13. The van der Waals surface area contributed by atoms with E-state index in [1.54, 1.807) is 0 Å². The highest BCUT2D eigenvalue weighted by molar-refractivity contribution is 9.10. The summed E-state index contributed by atoms with van der Waals surface area (Å²) < 4.78 is 6.42. The number of oxazole rings is 1. The van der Waals surface area contributed by atoms with Crippen molar-refractivity contribution in [3.63, 3.8) is 0 Å². The molecule has 15 heavy (non-hydrogen) atoms. The van der Waals surface area contributed by atoms with Crippen molar-refractivity contribution in [2.24, 2.45) is 0 Å². The van der Waals surface area contributed by atoms with Gasteiger partial charge in [-0.1, -0.05) is 37.9 Å². The van der Waals surface area contributed by atoms with Crippen LogP contribution in [-0.4, -0.2) is 4.98 Å². The molecule has 2 nitrogen and oxygen atoms in total. The number of benzene rings is 1. The van der Waals surface area contributed by atoms with Gasteiger partial charge < -0.3 is 4.42 Å². The van der Waals surface area contributed by atoms with Crippen molar-refractivity contribution >= 4 is 31.9 Å². The summed E-state index contributed by atoms with van der Waals surface area (Å²) in [4.78, 5) is 4.14. The summed E-state index contributed by atoms with van der Waals surface area (Å²) in [7, 11) is 0. The normalized spacial score (nSPS) is 10.6. The van der Waals surface area contributed by atoms with E-state index in [0.717, 1.165) is 21.5 Å². The van der Waals surface area contributed by atoms with Crippen molar-refractivity contribution in [3.8, 4) is 11.3 Å². The Morgan fingerprint density at radius 3 is 2.87 bits per heavy atom. The van der Waals surface area contributed by atoms with Crippen LogP contribution in [0.3, 0.4) is 0 Å². The minimum Gasteiger partial charge on any atom is -0.443 e. The average molecular weight is 331 g/mol. The van der Waals surface area contributed by atoms with Crippen LogP contribution in [0.2, 0.25) is 0 Å². The second-order valence-electron chi connectivity index (χ2n) is 3.25. The fourth-order valence-electron chi connectivity index (χ4n) is 1.39. The number of alkyl halides is 1. The second-order valence-corrected chi connectivity index (χ2v) is 4.66. The third-order valence-corrected chi connectivity index (χ3v) is 3.32. The Morgan fingerprint density at radius 2 is 2.20 bits per heavy atom. The van der Waals surface area contributed by atoms with Crippen molar-refractivity contribution in [3.05, 3.63) is 40.3 Å². The van der Waals surface area contributed by atoms with Crippen molar-refractivity contribution in [2.75, 3.05) is 0 Å². The molecule has 0 unspecified atom stereocenters. The van der Waals surface area contributed by atoms with E-state index >= 15 is 0 Å². The van der Waals surface area contributed by atoms with Gasteiger partial charge >= 0.3 is 0 Å². The lowest BCUT2D eigenvalue weighted by Crippen LogP contribution is -1.84. The Balaban J connectivity index is 2.54. The molecule has 1 aromatic carbocycles. The summed E-state index contributed by atoms with van der Waals surface area (Å²) in [5.74, 6) is 0.818. The fraction of sp³-hybridized carbons (Fsp3) is 0.182. The number of hydrogen-bond acceptors (Lipinski definition) is 2. The number of aryl methyl sites for hydroxylation is 1. The lowest BCUT2D eigenvalue weighted by atomic mass is 10.1. The molecule has 1 aromatic heterocycles. The van der Waals surface area contributed by atoms with Crippen LogP contribution < -0.4 is 0 Å². The first-order valence-corrected chi connectivity index (χ1v) is 6.38. The van der Waals surface area contributed by atoms with E-state index in [9.17, 15) is 0 Å². The molecular formula is C11H9Br2NO. The summed E-state index contributed by atoms with van der Waals surface area (Å²) in [5, 5.41) is 0.694. The van der Waals surface area contributed by atoms with Crippen LogP contribution in [-0.2, 0) is 5.33 Å². The molecule has 0 amide bonds. The maximum Gasteiger partial charge on any atom is 0.181 e. The molecule has 4 heteroatoms. The zero-order chi connectivity index (χ0) is 10.8. The van der Waals surface area contributed by atoms with Gasteiger partial charge in [0.15, 0.2) is 12.2 Å². The molecule has 0 aliphatic heterocycles. The largest absolute Gasteiger partial charge is 0.443 e. The average Bonchev–Trinajstić information content (AvgIpc) is 2.65. The van der Waals surface area contributed by atoms with Crippen molar-refractivity contribution < 1.29 is 4.42 Å². The van der Waals surface area contributed by atoms with Crippen LogP contribution in [0.4, 0.5) is 0 Å². The third-order valence-electron chi connectivity index (χ3n) is 2.14. The Bertz CT molecular complexity index is 479. The van der Waals surface area contributed by atoms with Crippen molar-refractivity contribution in [2.45, 2.75) is 12.3 Å². The summed E-state index contributed by atoms with van der Waals surface area (Å²) >= 11 is 6.91. The van der Waals surface area contributed by atoms with Gasteiger partial charge in [-0.25, -0.2) is 4.98 Å². The molecule has 0 saturated carbocycles. The number of halogens is 2. The predicted molar refractivity (Wildman–Crippen MR) is 67.0 cm³/mol. The van der Waals surface area contributed by atoms with Gasteiger partial charge in [-0.05, 0) is 24.6 Å². The maximum absolute atomic E-state index is 5.39. The van der Waals surface area contributed by atoms with E-state index in [2.05, 4.69) is 55.9 Å². The number of hydrogen-bond donors (Lipinski definition) is 0. The first-order chi connectivity index (χ1) is 7.22. The quantitative estimate of drug-likeness (QED) is 0.767. The highest BCUT2D eigenvalue weighted by Crippen LogP contribution is 2.31. The number of aromatic nitrogens is 1. The van der Waals surface area contributed by atoms with E-state index in [4.69, 9.17) is 4.42 Å². The highest BCUT2D eigenvalue weighted by atomic mass is 79.9. The molecule has 0 spiro atoms. The summed E-state index contributed by atoms with van der Waals surface area (Å²) in [5.41, 5.74) is 3.16. The highest BCUT2D eigenvalue weighted by Gasteiger charge is 2.12. The molecule has 0 fully saturated rings. The predicted octanol–water partition coefficient (Wildman–Crippen LogP) is 4.31. The summed E-state index contributed by atoms with van der Waals surface area (Å²) in [6.07, 6.45) is 1.47. The van der Waals surface area contributed by atoms with E-state index in [1.807, 2.05) is 6.07 Å². The van der Waals surface area contributed by atoms with E-state index in [1.165, 1.54) is 12.0 Å². The number of nitrogens with zero attached hydrogens (tertiary/aromatic N) is 1. The van der Waals surface area contributed by atoms with Gasteiger partial charge in [0.25, 0.3) is 0 Å². The first-order valence-electron chi connectivity index (χ1n) is 4.47. The van der Waals surface area contributed by atoms with Gasteiger partial charge in [-0.2, -0.15) is 0 Å². The molecule has 0 N–H and O–H groups in total. The topological polar surface area (TPSA) is 26.0 Å². The Hall–Kier alpha value is -0.610. The van der Waals surface area contributed by atoms with Crippen LogP contribution >= 0.6 is 31.9 Å². The SMILES string of the molecule is Cc1ccc(-c2ocnc2CBr)c(Br)c1. The minimum atomic E-state index is 0.694. The van der Waals surface area contributed by atoms with E-state index in [0.29, 0.717) is 5.33 Å². The molecule has 2 aromatic rings. The molecule has 78 valence electrons. The van der Waals surface area contributed by atoms with Gasteiger partial charge in [0.2, 0.25) is 0 Å². The van der Waals surface area contributed by atoms with Gasteiger partial charge in [-0.3, -0.25) is 0 Å². The van der Waals surface area contributed by atoms with Crippen LogP contribution in [0.1, 0.15) is 11.3 Å². The van der Waals surface area contributed by atoms with E-state index < -0.39 is 0 Å². The summed E-state index contributed by atoms with van der Waals surface area (Å²) in [6.45, 7) is 2.06. The van der Waals surface area contributed by atoms with Crippen LogP contribution in [0.5, 0.6) is 0 Å². The molecule has 0 radical (unpaired) electrons. The van der Waals surface area contributed by atoms with Crippen molar-refractivity contribution in [1.29, 1.82) is 0 Å². The van der Waals surface area contributed by atoms with Gasteiger partial charge in [-0.15, -0.1) is 0 Å². The van der Waals surface area contributed by atoms with Crippen LogP contribution in [0.15, 0.2) is 33.5 Å². The van der Waals surface area contributed by atoms with E-state index in [-0.39, 0.29) is 0 Å². The summed E-state index contributed by atoms with van der Waals surface area (Å²) in [6, 6.07) is 6.16. The molecule has 0 aliphatic carbocycles. The second kappa shape index (κ2) is 4.49. The van der Waals surface area contributed by atoms with Gasteiger partial charge in [0.1, 0.15) is 0 Å². The molecule has 2 rings (SSSR count). The Morgan fingerprint density at radius 1 is 1.40 bits per heavy atom. The molecular weight excluding hydrogens is 322 g/mol. The molecule has 0 atom stereocenters. The molecule has 0 aliphatic rings. The zero-order valence-corrected chi connectivity index (χ0v) is 11.3. The Labute approximate surface area is 105 Å². The minimum absolute atomic E-state index is 0.694. The molecule has 1 heterocycles. The van der Waals surface area contributed by atoms with Crippen LogP contribution in [0, 0.1) is 6.92 Å². The van der Waals surface area contributed by atoms with Crippen LogP contribution in [0.25, 0.3) is 11.3 Å². The standard InChI is InChI=1S/C11H9Br2NO/c1-7-2-3-8(9(13)4-7)11-10(5-12)14-6-15-11/h2-4,6H,5H2,1H3. The fourth-order valence-corrected chi connectivity index (χ4v) is 2.46. The molecule has 0 bridgehead atoms. The van der Waals surface area contributed by atoms with Crippen molar-refractivity contribution in [1.82, 2.24) is 4.98 Å². The Kier molecular flexibility index (Phi) is 3.26. The monoisotopic (exact) mass is 329 g/mol.